The van der Waals surface area contributed by atoms with Gasteiger partial charge in [-0.1, -0.05) is 77.0 Å². The molecule has 0 radical (unpaired) electrons. The zero-order valence-electron chi connectivity index (χ0n) is 17.1. The number of hydrogen-bond acceptors (Lipinski definition) is 2. The van der Waals surface area contributed by atoms with Crippen LogP contribution in [0.15, 0.2) is 35.4 Å². The summed E-state index contributed by atoms with van der Waals surface area (Å²) in [4.78, 5) is 0. The number of aliphatic hydroxyl groups excluding tert-OH is 1. The highest BCUT2D eigenvalue weighted by Gasteiger charge is 2.32. The highest BCUT2D eigenvalue weighted by atomic mass is 16.3. The van der Waals surface area contributed by atoms with Gasteiger partial charge in [0.25, 0.3) is 0 Å². The maximum Gasteiger partial charge on any atom is 0.122 e. The molecule has 0 aromatic heterocycles. The Bertz CT molecular complexity index is 709. The van der Waals surface area contributed by atoms with E-state index in [0.717, 1.165) is 22.3 Å². The molecule has 1 aliphatic carbocycles. The summed E-state index contributed by atoms with van der Waals surface area (Å²) in [7, 11) is 0. The van der Waals surface area contributed by atoms with Crippen LogP contribution in [0, 0.1) is 18.3 Å². The lowest BCUT2D eigenvalue weighted by atomic mass is 9.73. The lowest BCUT2D eigenvalue weighted by Gasteiger charge is -2.35. The monoisotopic (exact) mass is 342 g/mol. The van der Waals surface area contributed by atoms with E-state index >= 15 is 0 Å². The molecule has 0 fully saturated rings. The van der Waals surface area contributed by atoms with Crippen LogP contribution in [0.5, 0.6) is 5.75 Å². The number of aryl methyl sites for hydroxylation is 1. The third kappa shape index (κ3) is 4.36. The molecule has 2 rings (SSSR count). The number of benzene rings is 1. The van der Waals surface area contributed by atoms with E-state index in [1.807, 2.05) is 0 Å². The van der Waals surface area contributed by atoms with Crippen molar-refractivity contribution in [1.29, 1.82) is 0 Å². The molecule has 1 aromatic rings. The molecular formula is C23H34O2. The van der Waals surface area contributed by atoms with E-state index in [-0.39, 0.29) is 16.7 Å². The van der Waals surface area contributed by atoms with Crippen molar-refractivity contribution in [2.45, 2.75) is 73.3 Å². The fraction of sp³-hybridized carbons (Fsp3) is 0.565. The molecule has 1 aliphatic rings. The summed E-state index contributed by atoms with van der Waals surface area (Å²) >= 11 is 0. The summed E-state index contributed by atoms with van der Waals surface area (Å²) in [6.07, 6.45) is 4.38. The van der Waals surface area contributed by atoms with Gasteiger partial charge in [0.2, 0.25) is 0 Å². The molecule has 2 nitrogen and oxygen atoms in total. The van der Waals surface area contributed by atoms with E-state index in [1.165, 1.54) is 5.57 Å². The minimum absolute atomic E-state index is 0.0141. The van der Waals surface area contributed by atoms with Crippen molar-refractivity contribution in [3.63, 3.8) is 0 Å². The maximum absolute atomic E-state index is 10.9. The zero-order valence-corrected chi connectivity index (χ0v) is 17.1. The van der Waals surface area contributed by atoms with Gasteiger partial charge in [-0.2, -0.15) is 0 Å². The SMILES string of the molecule is CC1=CC(Cc2cc(C)cc(C(C)(C)C)c2O)C(O)C(C(C)(C)C)=C1. The molecule has 0 saturated carbocycles. The van der Waals surface area contributed by atoms with E-state index < -0.39 is 6.10 Å². The van der Waals surface area contributed by atoms with E-state index in [1.54, 1.807) is 0 Å². The summed E-state index contributed by atoms with van der Waals surface area (Å²) in [6, 6.07) is 4.12. The van der Waals surface area contributed by atoms with E-state index in [9.17, 15) is 10.2 Å². The molecule has 0 saturated heterocycles. The highest BCUT2D eigenvalue weighted by Crippen LogP contribution is 2.40. The lowest BCUT2D eigenvalue weighted by molar-refractivity contribution is 0.139. The highest BCUT2D eigenvalue weighted by molar-refractivity contribution is 5.48. The van der Waals surface area contributed by atoms with Crippen molar-refractivity contribution in [1.82, 2.24) is 0 Å². The van der Waals surface area contributed by atoms with Crippen LogP contribution in [0.3, 0.4) is 0 Å². The maximum atomic E-state index is 10.9. The van der Waals surface area contributed by atoms with Crippen LogP contribution in [0.25, 0.3) is 0 Å². The van der Waals surface area contributed by atoms with Gasteiger partial charge in [0.15, 0.2) is 0 Å². The van der Waals surface area contributed by atoms with Gasteiger partial charge in [0.05, 0.1) is 6.10 Å². The van der Waals surface area contributed by atoms with Gasteiger partial charge in [-0.3, -0.25) is 0 Å². The molecule has 1 aromatic carbocycles. The van der Waals surface area contributed by atoms with Crippen LogP contribution in [0.2, 0.25) is 0 Å². The third-order valence-electron chi connectivity index (χ3n) is 5.05. The first-order chi connectivity index (χ1) is 11.3. The predicted molar refractivity (Wildman–Crippen MR) is 106 cm³/mol. The number of aliphatic hydroxyl groups is 1. The van der Waals surface area contributed by atoms with E-state index in [2.05, 4.69) is 79.7 Å². The van der Waals surface area contributed by atoms with E-state index in [0.29, 0.717) is 12.2 Å². The second-order valence-corrected chi connectivity index (χ2v) is 9.64. The van der Waals surface area contributed by atoms with Crippen molar-refractivity contribution in [3.8, 4) is 5.75 Å². The topological polar surface area (TPSA) is 40.5 Å². The number of allylic oxidation sites excluding steroid dienone is 2. The van der Waals surface area contributed by atoms with Gasteiger partial charge >= 0.3 is 0 Å². The molecule has 0 amide bonds. The Morgan fingerprint density at radius 2 is 1.56 bits per heavy atom. The smallest absolute Gasteiger partial charge is 0.122 e. The van der Waals surface area contributed by atoms with Crippen LogP contribution in [-0.4, -0.2) is 16.3 Å². The molecule has 138 valence electrons. The van der Waals surface area contributed by atoms with Crippen LogP contribution in [0.1, 0.15) is 65.2 Å². The number of phenols is 1. The summed E-state index contributed by atoms with van der Waals surface area (Å²) in [5, 5.41) is 21.8. The van der Waals surface area contributed by atoms with Gasteiger partial charge in [0.1, 0.15) is 5.75 Å². The van der Waals surface area contributed by atoms with Gasteiger partial charge in [-0.15, -0.1) is 0 Å². The van der Waals surface area contributed by atoms with Crippen LogP contribution in [0.4, 0.5) is 0 Å². The average molecular weight is 343 g/mol. The minimum Gasteiger partial charge on any atom is -0.507 e. The van der Waals surface area contributed by atoms with Gasteiger partial charge in [-0.05, 0) is 47.8 Å². The number of hydrogen-bond donors (Lipinski definition) is 2. The number of rotatable bonds is 2. The van der Waals surface area contributed by atoms with E-state index in [4.69, 9.17) is 0 Å². The first-order valence-electron chi connectivity index (χ1n) is 9.22. The predicted octanol–water partition coefficient (Wildman–Crippen LogP) is 5.45. The van der Waals surface area contributed by atoms with Crippen molar-refractivity contribution >= 4 is 0 Å². The minimum atomic E-state index is -0.512. The van der Waals surface area contributed by atoms with Crippen molar-refractivity contribution in [3.05, 3.63) is 52.1 Å². The summed E-state index contributed by atoms with van der Waals surface area (Å²) in [6.45, 7) is 16.9. The molecule has 2 heteroatoms. The molecule has 0 spiro atoms. The fourth-order valence-corrected chi connectivity index (χ4v) is 3.70. The summed E-state index contributed by atoms with van der Waals surface area (Å²) in [5.74, 6) is 0.364. The Labute approximate surface area is 153 Å². The molecule has 25 heavy (non-hydrogen) atoms. The second-order valence-electron chi connectivity index (χ2n) is 9.64. The summed E-state index contributed by atoms with van der Waals surface area (Å²) in [5.41, 5.74) is 5.11. The standard InChI is InChI=1S/C23H34O2/c1-14-9-16(20(24)18(11-14)22(3,4)5)13-17-10-15(2)12-19(21(17)25)23(6,7)8/h9-12,16,20,24-25H,13H2,1-8H3. The molecule has 0 bridgehead atoms. The van der Waals surface area contributed by atoms with Crippen LogP contribution in [-0.2, 0) is 11.8 Å². The number of phenolic OH excluding ortho intramolecular Hbond substituents is 1. The molecule has 2 unspecified atom stereocenters. The molecule has 2 atom stereocenters. The van der Waals surface area contributed by atoms with Crippen LogP contribution < -0.4 is 0 Å². The van der Waals surface area contributed by atoms with Crippen molar-refractivity contribution in [2.75, 3.05) is 0 Å². The first kappa shape index (κ1) is 19.8. The van der Waals surface area contributed by atoms with Gasteiger partial charge < -0.3 is 10.2 Å². The van der Waals surface area contributed by atoms with Crippen molar-refractivity contribution in [2.24, 2.45) is 11.3 Å². The van der Waals surface area contributed by atoms with Crippen molar-refractivity contribution < 1.29 is 10.2 Å². The summed E-state index contributed by atoms with van der Waals surface area (Å²) < 4.78 is 0. The fourth-order valence-electron chi connectivity index (χ4n) is 3.70. The Morgan fingerprint density at radius 3 is 2.08 bits per heavy atom. The second kappa shape index (κ2) is 6.64. The largest absolute Gasteiger partial charge is 0.507 e. The zero-order chi connectivity index (χ0) is 19.2. The lowest BCUT2D eigenvalue weighted by Crippen LogP contribution is -2.32. The van der Waals surface area contributed by atoms with Gasteiger partial charge in [-0.25, -0.2) is 0 Å². The first-order valence-corrected chi connectivity index (χ1v) is 9.22. The molecule has 0 heterocycles. The average Bonchev–Trinajstić information content (AvgIpc) is 2.43. The van der Waals surface area contributed by atoms with Crippen LogP contribution >= 0.6 is 0 Å². The normalized spacial score (nSPS) is 21.8. The third-order valence-corrected chi connectivity index (χ3v) is 5.05. The Balaban J connectivity index is 2.41. The Hall–Kier alpha value is -1.54. The molecular weight excluding hydrogens is 308 g/mol. The molecule has 2 N–H and O–H groups in total. The quantitative estimate of drug-likeness (QED) is 0.750. The molecule has 0 aliphatic heterocycles. The Kier molecular flexibility index (Phi) is 5.26. The number of aromatic hydroxyl groups is 1. The van der Waals surface area contributed by atoms with Gasteiger partial charge in [0, 0.05) is 5.92 Å². The Morgan fingerprint density at radius 1 is 0.960 bits per heavy atom.